The molecule has 2 fully saturated rings. The molecule has 0 heterocycles. The van der Waals surface area contributed by atoms with Gasteiger partial charge in [0.15, 0.2) is 0 Å². The van der Waals surface area contributed by atoms with Crippen molar-refractivity contribution in [2.24, 2.45) is 23.7 Å². The molecule has 2 aromatic carbocycles. The minimum Gasteiger partial charge on any atom is -0.449 e. The second-order valence-electron chi connectivity index (χ2n) is 14.0. The maximum atomic E-state index is 13.9. The van der Waals surface area contributed by atoms with Crippen LogP contribution in [0.25, 0.3) is 0 Å². The Kier molecular flexibility index (Phi) is 14.7. The van der Waals surface area contributed by atoms with E-state index in [1.54, 1.807) is 30.3 Å². The van der Waals surface area contributed by atoms with E-state index in [1.807, 2.05) is 44.2 Å². The Morgan fingerprint density at radius 3 is 2.19 bits per heavy atom. The quantitative estimate of drug-likeness (QED) is 0.197. The van der Waals surface area contributed by atoms with Gasteiger partial charge in [-0.3, -0.25) is 4.79 Å². The minimum absolute atomic E-state index is 0.158. The number of hydrogen-bond donors (Lipinski definition) is 4. The summed E-state index contributed by atoms with van der Waals surface area (Å²) in [4.78, 5) is 26.9. The number of ether oxygens (including phenoxy) is 1. The highest BCUT2D eigenvalue weighted by Crippen LogP contribution is 2.29. The van der Waals surface area contributed by atoms with E-state index in [-0.39, 0.29) is 42.3 Å². The van der Waals surface area contributed by atoms with Gasteiger partial charge in [0.25, 0.3) is 0 Å². The monoisotopic (exact) mass is 685 g/mol. The number of sulfonamides is 1. The van der Waals surface area contributed by atoms with Gasteiger partial charge in [-0.2, -0.15) is 4.31 Å². The summed E-state index contributed by atoms with van der Waals surface area (Å²) >= 11 is 0. The molecular weight excluding hydrogens is 630 g/mol. The molecule has 0 saturated heterocycles. The number of nitrogens with one attached hydrogen (secondary N) is 2. The summed E-state index contributed by atoms with van der Waals surface area (Å²) < 4.78 is 34.4. The molecule has 0 aromatic heterocycles. The molecule has 0 spiro atoms. The molecule has 11 heteroatoms. The van der Waals surface area contributed by atoms with Gasteiger partial charge in [-0.25, -0.2) is 13.2 Å². The molecule has 2 aliphatic carbocycles. The number of aliphatic hydroxyl groups excluding tert-OH is 2. The summed E-state index contributed by atoms with van der Waals surface area (Å²) in [5.74, 6) is 0.0650. The number of alkyl carbamates (subject to hydrolysis) is 1. The van der Waals surface area contributed by atoms with Gasteiger partial charge < -0.3 is 25.6 Å². The van der Waals surface area contributed by atoms with Crippen molar-refractivity contribution >= 4 is 22.0 Å². The number of benzene rings is 2. The zero-order valence-electron chi connectivity index (χ0n) is 28.5. The highest BCUT2D eigenvalue weighted by Gasteiger charge is 2.36. The standard InChI is InChI=1S/C37H55N3O7S/c1-27(2)21-22-40(48(45,46)31-13-7-4-8-14-31)24-35(42)34(23-28-11-5-3-6-12-28)38-36(43)32-15-9-10-16-33(32)39-37(44)47-26-30-19-17-29(25-41)18-20-30/h3-8,11-14,27,29-30,32-35,41-42H,9-10,15-26H2,1-2H3,(H,38,43)(H,39,44). The van der Waals surface area contributed by atoms with Gasteiger partial charge in [0.2, 0.25) is 15.9 Å². The van der Waals surface area contributed by atoms with Gasteiger partial charge in [0, 0.05) is 25.7 Å². The fraction of sp³-hybridized carbons (Fsp3) is 0.622. The molecule has 4 atom stereocenters. The second kappa shape index (κ2) is 18.7. The minimum atomic E-state index is -3.90. The van der Waals surface area contributed by atoms with E-state index >= 15 is 0 Å². The van der Waals surface area contributed by atoms with E-state index in [9.17, 15) is 28.2 Å². The first-order valence-corrected chi connectivity index (χ1v) is 19.1. The molecular formula is C37H55N3O7S. The van der Waals surface area contributed by atoms with Crippen LogP contribution in [-0.4, -0.2) is 79.4 Å². The van der Waals surface area contributed by atoms with Gasteiger partial charge in [-0.1, -0.05) is 75.2 Å². The van der Waals surface area contributed by atoms with Crippen LogP contribution in [-0.2, 0) is 26.0 Å². The Hall–Kier alpha value is -2.99. The second-order valence-corrected chi connectivity index (χ2v) is 16.0. The van der Waals surface area contributed by atoms with Crippen LogP contribution in [0, 0.1) is 23.7 Å². The predicted octanol–water partition coefficient (Wildman–Crippen LogP) is 4.90. The highest BCUT2D eigenvalue weighted by atomic mass is 32.2. The fourth-order valence-corrected chi connectivity index (χ4v) is 8.31. The SMILES string of the molecule is CC(C)CCN(CC(O)C(Cc1ccccc1)NC(=O)C1CCCCC1NC(=O)OCC1CCC(CO)CC1)S(=O)(=O)c1ccccc1. The van der Waals surface area contributed by atoms with E-state index in [0.717, 1.165) is 44.1 Å². The van der Waals surface area contributed by atoms with Crippen LogP contribution in [0.3, 0.4) is 0 Å². The van der Waals surface area contributed by atoms with E-state index in [1.165, 1.54) is 4.31 Å². The molecule has 0 bridgehead atoms. The predicted molar refractivity (Wildman–Crippen MR) is 186 cm³/mol. The normalized spacial score (nSPS) is 23.0. The molecule has 0 radical (unpaired) electrons. The average Bonchev–Trinajstić information content (AvgIpc) is 3.09. The van der Waals surface area contributed by atoms with Crippen molar-refractivity contribution in [2.45, 2.75) is 101 Å². The third kappa shape index (κ3) is 11.3. The Morgan fingerprint density at radius 2 is 1.54 bits per heavy atom. The summed E-state index contributed by atoms with van der Waals surface area (Å²) in [5, 5.41) is 27.1. The molecule has 10 nitrogen and oxygen atoms in total. The van der Waals surface area contributed by atoms with Crippen molar-refractivity contribution in [3.8, 4) is 0 Å². The van der Waals surface area contributed by atoms with Gasteiger partial charge >= 0.3 is 6.09 Å². The highest BCUT2D eigenvalue weighted by molar-refractivity contribution is 7.89. The van der Waals surface area contributed by atoms with E-state index < -0.39 is 40.2 Å². The van der Waals surface area contributed by atoms with Crippen molar-refractivity contribution in [2.75, 3.05) is 26.3 Å². The maximum Gasteiger partial charge on any atom is 0.407 e. The first kappa shape index (κ1) is 37.8. The summed E-state index contributed by atoms with van der Waals surface area (Å²) in [7, 11) is -3.90. The summed E-state index contributed by atoms with van der Waals surface area (Å²) in [6.07, 6.45) is 5.82. The van der Waals surface area contributed by atoms with Gasteiger partial charge in [-0.15, -0.1) is 0 Å². The third-order valence-electron chi connectivity index (χ3n) is 9.90. The molecule has 0 aliphatic heterocycles. The largest absolute Gasteiger partial charge is 0.449 e. The molecule has 266 valence electrons. The van der Waals surface area contributed by atoms with Crippen LogP contribution in [0.1, 0.15) is 77.2 Å². The molecule has 2 aromatic rings. The fourth-order valence-electron chi connectivity index (χ4n) is 6.82. The number of carbonyl (C=O) groups is 2. The van der Waals surface area contributed by atoms with Crippen LogP contribution >= 0.6 is 0 Å². The van der Waals surface area contributed by atoms with Gasteiger partial charge in [0.05, 0.1) is 29.6 Å². The van der Waals surface area contributed by atoms with Gasteiger partial charge in [-0.05, 0) is 86.8 Å². The van der Waals surface area contributed by atoms with Crippen LogP contribution in [0.15, 0.2) is 65.6 Å². The van der Waals surface area contributed by atoms with Crippen molar-refractivity contribution < 1.29 is 33.0 Å². The number of hydrogen-bond acceptors (Lipinski definition) is 7. The van der Waals surface area contributed by atoms with Crippen LogP contribution in [0.2, 0.25) is 0 Å². The van der Waals surface area contributed by atoms with Crippen LogP contribution in [0.4, 0.5) is 4.79 Å². The Labute approximate surface area is 286 Å². The van der Waals surface area contributed by atoms with E-state index in [0.29, 0.717) is 38.2 Å². The third-order valence-corrected chi connectivity index (χ3v) is 11.8. The topological polar surface area (TPSA) is 145 Å². The smallest absolute Gasteiger partial charge is 0.407 e. The Bertz CT molecular complexity index is 1370. The lowest BCUT2D eigenvalue weighted by Crippen LogP contribution is -2.55. The molecule has 2 aliphatic rings. The lowest BCUT2D eigenvalue weighted by atomic mass is 9.83. The number of amides is 2. The molecule has 4 unspecified atom stereocenters. The summed E-state index contributed by atoms with van der Waals surface area (Å²) in [6.45, 7) is 4.62. The van der Waals surface area contributed by atoms with E-state index in [2.05, 4.69) is 10.6 Å². The average molecular weight is 686 g/mol. The molecule has 2 amide bonds. The van der Waals surface area contributed by atoms with Crippen molar-refractivity contribution in [3.63, 3.8) is 0 Å². The molecule has 2 saturated carbocycles. The molecule has 48 heavy (non-hydrogen) atoms. The van der Waals surface area contributed by atoms with Gasteiger partial charge in [0.1, 0.15) is 0 Å². The maximum absolute atomic E-state index is 13.9. The first-order chi connectivity index (χ1) is 23.1. The summed E-state index contributed by atoms with van der Waals surface area (Å²) in [6, 6.07) is 16.5. The summed E-state index contributed by atoms with van der Waals surface area (Å²) in [5.41, 5.74) is 0.899. The molecule has 4 N–H and O–H groups in total. The van der Waals surface area contributed by atoms with Crippen molar-refractivity contribution in [3.05, 3.63) is 66.2 Å². The van der Waals surface area contributed by atoms with E-state index in [4.69, 9.17) is 4.74 Å². The number of carbonyl (C=O) groups excluding carboxylic acids is 2. The van der Waals surface area contributed by atoms with Crippen LogP contribution in [0.5, 0.6) is 0 Å². The number of aliphatic hydroxyl groups is 2. The van der Waals surface area contributed by atoms with Crippen LogP contribution < -0.4 is 10.6 Å². The zero-order valence-corrected chi connectivity index (χ0v) is 29.3. The molecule has 4 rings (SSSR count). The first-order valence-electron chi connectivity index (χ1n) is 17.7. The number of nitrogens with zero attached hydrogens (tertiary/aromatic N) is 1. The number of rotatable bonds is 16. The lowest BCUT2D eigenvalue weighted by molar-refractivity contribution is -0.128. The van der Waals surface area contributed by atoms with Crippen molar-refractivity contribution in [1.29, 1.82) is 0 Å². The van der Waals surface area contributed by atoms with Crippen molar-refractivity contribution in [1.82, 2.24) is 14.9 Å². The Morgan fingerprint density at radius 1 is 0.917 bits per heavy atom. The lowest BCUT2D eigenvalue weighted by Gasteiger charge is -2.34. The Balaban J connectivity index is 1.45. The zero-order chi connectivity index (χ0) is 34.5.